The molecule has 0 saturated heterocycles. The van der Waals surface area contributed by atoms with Gasteiger partial charge in [-0.2, -0.15) is 0 Å². The van der Waals surface area contributed by atoms with Gasteiger partial charge in [0.2, 0.25) is 0 Å². The third-order valence-corrected chi connectivity index (χ3v) is 3.74. The molecule has 0 fully saturated rings. The van der Waals surface area contributed by atoms with Crippen LogP contribution in [0, 0.1) is 0 Å². The van der Waals surface area contributed by atoms with E-state index in [0.717, 1.165) is 17.3 Å². The average molecular weight is 376 g/mol. The van der Waals surface area contributed by atoms with E-state index in [9.17, 15) is 9.59 Å². The van der Waals surface area contributed by atoms with Crippen molar-refractivity contribution in [2.45, 2.75) is 12.8 Å². The zero-order chi connectivity index (χ0) is 16.5. The Labute approximate surface area is 144 Å². The van der Waals surface area contributed by atoms with Crippen LogP contribution in [0.2, 0.25) is 0 Å². The third kappa shape index (κ3) is 6.24. The molecule has 2 rings (SSSR count). The van der Waals surface area contributed by atoms with Crippen LogP contribution >= 0.6 is 15.9 Å². The van der Waals surface area contributed by atoms with Gasteiger partial charge in [0.15, 0.2) is 0 Å². The monoisotopic (exact) mass is 375 g/mol. The summed E-state index contributed by atoms with van der Waals surface area (Å²) < 4.78 is 6.00. The van der Waals surface area contributed by atoms with Crippen LogP contribution in [0.15, 0.2) is 59.1 Å². The molecule has 0 aromatic heterocycles. The number of benzene rings is 2. The molecule has 120 valence electrons. The van der Waals surface area contributed by atoms with E-state index in [0.29, 0.717) is 12.2 Å². The van der Waals surface area contributed by atoms with Crippen molar-refractivity contribution in [3.8, 4) is 0 Å². The Morgan fingerprint density at radius 2 is 1.70 bits per heavy atom. The Bertz CT molecular complexity index is 641. The maximum absolute atomic E-state index is 11.8. The van der Waals surface area contributed by atoms with Gasteiger partial charge in [0.1, 0.15) is 6.54 Å². The number of ether oxygens (including phenoxy) is 1. The number of halogens is 1. The maximum Gasteiger partial charge on any atom is 0.325 e. The van der Waals surface area contributed by atoms with Crippen molar-refractivity contribution in [2.24, 2.45) is 0 Å². The van der Waals surface area contributed by atoms with Crippen molar-refractivity contribution in [1.82, 2.24) is 5.32 Å². The van der Waals surface area contributed by atoms with E-state index in [4.69, 9.17) is 4.74 Å². The molecule has 0 bridgehead atoms. The molecule has 2 aromatic carbocycles. The van der Waals surface area contributed by atoms with E-state index in [1.807, 2.05) is 30.3 Å². The van der Waals surface area contributed by atoms with Gasteiger partial charge in [-0.15, -0.1) is 0 Å². The summed E-state index contributed by atoms with van der Waals surface area (Å²) in [5, 5.41) is 2.55. The van der Waals surface area contributed by atoms with E-state index in [-0.39, 0.29) is 12.5 Å². The number of amides is 1. The minimum absolute atomic E-state index is 0.125. The fraction of sp³-hybridized carbons (Fsp3) is 0.222. The summed E-state index contributed by atoms with van der Waals surface area (Å²) in [5.74, 6) is -0.720. The second-order valence-electron chi connectivity index (χ2n) is 5.00. The number of aryl methyl sites for hydroxylation is 1. The van der Waals surface area contributed by atoms with Crippen LogP contribution in [-0.2, 0) is 16.0 Å². The van der Waals surface area contributed by atoms with Gasteiger partial charge in [0, 0.05) is 10.0 Å². The van der Waals surface area contributed by atoms with Crippen molar-refractivity contribution >= 4 is 27.8 Å². The van der Waals surface area contributed by atoms with Gasteiger partial charge in [-0.3, -0.25) is 9.59 Å². The zero-order valence-corrected chi connectivity index (χ0v) is 14.2. The summed E-state index contributed by atoms with van der Waals surface area (Å²) >= 11 is 3.30. The molecule has 1 amide bonds. The molecule has 2 aromatic rings. The van der Waals surface area contributed by atoms with Crippen molar-refractivity contribution in [2.75, 3.05) is 13.2 Å². The van der Waals surface area contributed by atoms with Crippen molar-refractivity contribution < 1.29 is 14.3 Å². The van der Waals surface area contributed by atoms with Crippen molar-refractivity contribution in [1.29, 1.82) is 0 Å². The lowest BCUT2D eigenvalue weighted by Crippen LogP contribution is -2.30. The van der Waals surface area contributed by atoms with Crippen LogP contribution in [0.3, 0.4) is 0 Å². The smallest absolute Gasteiger partial charge is 0.325 e. The van der Waals surface area contributed by atoms with Gasteiger partial charge >= 0.3 is 5.97 Å². The molecule has 0 aliphatic rings. The first-order valence-corrected chi connectivity index (χ1v) is 8.18. The molecule has 4 nitrogen and oxygen atoms in total. The highest BCUT2D eigenvalue weighted by Gasteiger charge is 2.08. The molecular weight excluding hydrogens is 358 g/mol. The number of carbonyl (C=O) groups excluding carboxylic acids is 2. The molecule has 0 atom stereocenters. The molecule has 0 saturated carbocycles. The van der Waals surface area contributed by atoms with Crippen LogP contribution in [0.4, 0.5) is 0 Å². The summed E-state index contributed by atoms with van der Waals surface area (Å²) in [7, 11) is 0. The highest BCUT2D eigenvalue weighted by Crippen LogP contribution is 2.10. The standard InChI is InChI=1S/C18H18BrNO3/c19-16-10-8-15(9-11-16)18(22)20-13-17(21)23-12-4-7-14-5-2-1-3-6-14/h1-3,5-6,8-11H,4,7,12-13H2,(H,20,22). The van der Waals surface area contributed by atoms with Crippen LogP contribution in [0.5, 0.6) is 0 Å². The van der Waals surface area contributed by atoms with Crippen molar-refractivity contribution in [3.05, 3.63) is 70.2 Å². The predicted octanol–water partition coefficient (Wildman–Crippen LogP) is 3.35. The number of carbonyl (C=O) groups is 2. The maximum atomic E-state index is 11.8. The minimum Gasteiger partial charge on any atom is -0.464 e. The van der Waals surface area contributed by atoms with Crippen LogP contribution in [0.1, 0.15) is 22.3 Å². The molecule has 23 heavy (non-hydrogen) atoms. The Kier molecular flexibility index (Phi) is 6.81. The van der Waals surface area contributed by atoms with E-state index >= 15 is 0 Å². The van der Waals surface area contributed by atoms with Gasteiger partial charge in [0.25, 0.3) is 5.91 Å². The molecule has 0 spiro atoms. The SMILES string of the molecule is O=C(CNC(=O)c1ccc(Br)cc1)OCCCc1ccccc1. The summed E-state index contributed by atoms with van der Waals surface area (Å²) in [6, 6.07) is 16.9. The van der Waals surface area contributed by atoms with Gasteiger partial charge in [-0.1, -0.05) is 46.3 Å². The first kappa shape index (κ1) is 17.2. The molecule has 0 radical (unpaired) electrons. The van der Waals surface area contributed by atoms with E-state index in [2.05, 4.69) is 21.2 Å². The van der Waals surface area contributed by atoms with E-state index in [1.165, 1.54) is 5.56 Å². The number of nitrogens with one attached hydrogen (secondary N) is 1. The zero-order valence-electron chi connectivity index (χ0n) is 12.6. The predicted molar refractivity (Wildman–Crippen MR) is 92.2 cm³/mol. The Balaban J connectivity index is 1.63. The van der Waals surface area contributed by atoms with Crippen LogP contribution in [-0.4, -0.2) is 25.0 Å². The highest BCUT2D eigenvalue weighted by atomic mass is 79.9. The molecule has 0 heterocycles. The van der Waals surface area contributed by atoms with Gasteiger partial charge < -0.3 is 10.1 Å². The fourth-order valence-corrected chi connectivity index (χ4v) is 2.28. The Hall–Kier alpha value is -2.14. The highest BCUT2D eigenvalue weighted by molar-refractivity contribution is 9.10. The third-order valence-electron chi connectivity index (χ3n) is 3.22. The van der Waals surface area contributed by atoms with Gasteiger partial charge in [-0.05, 0) is 42.7 Å². The topological polar surface area (TPSA) is 55.4 Å². The molecule has 1 N–H and O–H groups in total. The second-order valence-corrected chi connectivity index (χ2v) is 5.91. The van der Waals surface area contributed by atoms with E-state index < -0.39 is 5.97 Å². The molecular formula is C18H18BrNO3. The quantitative estimate of drug-likeness (QED) is 0.596. The second kappa shape index (κ2) is 9.10. The summed E-state index contributed by atoms with van der Waals surface area (Å²) in [4.78, 5) is 23.4. The molecule has 5 heteroatoms. The first-order chi connectivity index (χ1) is 11.1. The Morgan fingerprint density at radius 1 is 1.00 bits per heavy atom. The molecule has 0 aliphatic heterocycles. The largest absolute Gasteiger partial charge is 0.464 e. The van der Waals surface area contributed by atoms with E-state index in [1.54, 1.807) is 24.3 Å². The van der Waals surface area contributed by atoms with Gasteiger partial charge in [0.05, 0.1) is 6.61 Å². The van der Waals surface area contributed by atoms with Crippen molar-refractivity contribution in [3.63, 3.8) is 0 Å². The summed E-state index contributed by atoms with van der Waals surface area (Å²) in [6.07, 6.45) is 1.62. The molecule has 0 aliphatic carbocycles. The lowest BCUT2D eigenvalue weighted by molar-refractivity contribution is -0.142. The average Bonchev–Trinajstić information content (AvgIpc) is 2.58. The lowest BCUT2D eigenvalue weighted by atomic mass is 10.1. The normalized spacial score (nSPS) is 10.1. The minimum atomic E-state index is -0.427. The van der Waals surface area contributed by atoms with Gasteiger partial charge in [-0.25, -0.2) is 0 Å². The molecule has 0 unspecified atom stereocenters. The number of hydrogen-bond acceptors (Lipinski definition) is 3. The first-order valence-electron chi connectivity index (χ1n) is 7.38. The number of hydrogen-bond donors (Lipinski definition) is 1. The van der Waals surface area contributed by atoms with Crippen LogP contribution in [0.25, 0.3) is 0 Å². The summed E-state index contributed by atoms with van der Waals surface area (Å²) in [6.45, 7) is 0.224. The number of rotatable bonds is 7. The van der Waals surface area contributed by atoms with Crippen LogP contribution < -0.4 is 5.32 Å². The summed E-state index contributed by atoms with van der Waals surface area (Å²) in [5.41, 5.74) is 1.72. The lowest BCUT2D eigenvalue weighted by Gasteiger charge is -2.07. The number of esters is 1. The Morgan fingerprint density at radius 3 is 2.39 bits per heavy atom. The fourth-order valence-electron chi connectivity index (χ4n) is 2.01.